The molecule has 1 aromatic heterocycles. The number of hydrogen-bond donors (Lipinski definition) is 2. The van der Waals surface area contributed by atoms with Crippen molar-refractivity contribution in [3.8, 4) is 0 Å². The fraction of sp³-hybridized carbons (Fsp3) is 0.571. The topological polar surface area (TPSA) is 69.6 Å². The first kappa shape index (κ1) is 16.5. The predicted molar refractivity (Wildman–Crippen MR) is 80.0 cm³/mol. The zero-order valence-electron chi connectivity index (χ0n) is 12.2. The molecule has 20 heavy (non-hydrogen) atoms. The highest BCUT2D eigenvalue weighted by molar-refractivity contribution is 7.08. The Bertz CT molecular complexity index is 457. The van der Waals surface area contributed by atoms with Gasteiger partial charge in [-0.15, -0.1) is 0 Å². The minimum Gasteiger partial charge on any atom is -0.481 e. The molecule has 0 saturated heterocycles. The molecule has 1 heterocycles. The number of nitrogens with one attached hydrogen (secondary N) is 1. The molecule has 1 rings (SSSR count). The number of amides is 2. The van der Waals surface area contributed by atoms with Crippen molar-refractivity contribution >= 4 is 23.3 Å². The normalized spacial score (nSPS) is 10.6. The van der Waals surface area contributed by atoms with Crippen molar-refractivity contribution in [2.45, 2.75) is 46.2 Å². The van der Waals surface area contributed by atoms with Crippen molar-refractivity contribution < 1.29 is 14.7 Å². The van der Waals surface area contributed by atoms with E-state index in [9.17, 15) is 9.59 Å². The van der Waals surface area contributed by atoms with E-state index < -0.39 is 5.97 Å². The van der Waals surface area contributed by atoms with Gasteiger partial charge in [0.05, 0.1) is 0 Å². The molecule has 0 aliphatic rings. The Balaban J connectivity index is 2.47. The summed E-state index contributed by atoms with van der Waals surface area (Å²) in [5.74, 6) is -0.831. The monoisotopic (exact) mass is 298 g/mol. The second-order valence-corrected chi connectivity index (χ2v) is 5.77. The number of aryl methyl sites for hydroxylation is 1. The third kappa shape index (κ3) is 5.21. The molecule has 5 nitrogen and oxygen atoms in total. The number of carbonyl (C=O) groups excluding carboxylic acids is 1. The van der Waals surface area contributed by atoms with E-state index in [-0.39, 0.29) is 18.5 Å². The van der Waals surface area contributed by atoms with Gasteiger partial charge in [-0.1, -0.05) is 0 Å². The van der Waals surface area contributed by atoms with Crippen LogP contribution in [0.2, 0.25) is 0 Å². The lowest BCUT2D eigenvalue weighted by Gasteiger charge is -2.26. The number of nitrogens with zero attached hydrogens (tertiary/aromatic N) is 1. The number of rotatable bonds is 7. The molecular formula is C14H22N2O3S. The third-order valence-electron chi connectivity index (χ3n) is 3.07. The number of aliphatic carboxylic acids is 1. The molecule has 0 aliphatic heterocycles. The Morgan fingerprint density at radius 2 is 2.10 bits per heavy atom. The third-order valence-corrected chi connectivity index (χ3v) is 3.98. The van der Waals surface area contributed by atoms with Gasteiger partial charge < -0.3 is 15.3 Å². The van der Waals surface area contributed by atoms with E-state index in [1.165, 1.54) is 5.56 Å². The molecule has 112 valence electrons. The van der Waals surface area contributed by atoms with Gasteiger partial charge in [0, 0.05) is 25.6 Å². The van der Waals surface area contributed by atoms with E-state index in [1.54, 1.807) is 16.2 Å². The average Bonchev–Trinajstić information content (AvgIpc) is 2.76. The van der Waals surface area contributed by atoms with Crippen molar-refractivity contribution in [3.05, 3.63) is 21.9 Å². The first-order valence-corrected chi connectivity index (χ1v) is 7.64. The van der Waals surface area contributed by atoms with Crippen LogP contribution in [0.1, 0.15) is 37.8 Å². The van der Waals surface area contributed by atoms with Gasteiger partial charge in [0.15, 0.2) is 0 Å². The van der Waals surface area contributed by atoms with E-state index in [2.05, 4.69) is 10.7 Å². The highest BCUT2D eigenvalue weighted by Gasteiger charge is 2.16. The number of hydrogen-bond acceptors (Lipinski definition) is 3. The predicted octanol–water partition coefficient (Wildman–Crippen LogP) is 2.84. The molecule has 0 radical (unpaired) electrons. The molecule has 0 saturated carbocycles. The van der Waals surface area contributed by atoms with Crippen LogP contribution in [-0.2, 0) is 11.3 Å². The Kier molecular flexibility index (Phi) is 6.51. The van der Waals surface area contributed by atoms with Crippen molar-refractivity contribution in [1.29, 1.82) is 0 Å². The Labute approximate surface area is 123 Å². The summed E-state index contributed by atoms with van der Waals surface area (Å²) in [5.41, 5.74) is 2.30. The van der Waals surface area contributed by atoms with Gasteiger partial charge in [0.25, 0.3) is 0 Å². The van der Waals surface area contributed by atoms with E-state index in [1.807, 2.05) is 26.2 Å². The molecule has 0 unspecified atom stereocenters. The minimum atomic E-state index is -0.831. The zero-order chi connectivity index (χ0) is 15.1. The number of carboxylic acid groups (broad SMARTS) is 1. The highest BCUT2D eigenvalue weighted by atomic mass is 32.1. The van der Waals surface area contributed by atoms with Crippen LogP contribution in [0.4, 0.5) is 4.79 Å². The van der Waals surface area contributed by atoms with Gasteiger partial charge >= 0.3 is 12.0 Å². The molecule has 2 N–H and O–H groups in total. The second kappa shape index (κ2) is 7.89. The van der Waals surface area contributed by atoms with Gasteiger partial charge in [-0.3, -0.25) is 4.79 Å². The quantitative estimate of drug-likeness (QED) is 0.813. The molecule has 0 bridgehead atoms. The van der Waals surface area contributed by atoms with Gasteiger partial charge in [-0.05, 0) is 49.1 Å². The van der Waals surface area contributed by atoms with Gasteiger partial charge in [-0.25, -0.2) is 4.79 Å². The summed E-state index contributed by atoms with van der Waals surface area (Å²) in [6, 6.07) is -0.0941. The lowest BCUT2D eigenvalue weighted by Crippen LogP contribution is -2.44. The van der Waals surface area contributed by atoms with Crippen LogP contribution in [0.15, 0.2) is 10.8 Å². The van der Waals surface area contributed by atoms with Crippen molar-refractivity contribution in [2.75, 3.05) is 6.54 Å². The molecule has 6 heteroatoms. The molecule has 0 spiro atoms. The molecule has 2 amide bonds. The smallest absolute Gasteiger partial charge is 0.317 e. The number of urea groups is 1. The van der Waals surface area contributed by atoms with Crippen molar-refractivity contribution in [1.82, 2.24) is 10.2 Å². The summed E-state index contributed by atoms with van der Waals surface area (Å²) < 4.78 is 0. The van der Waals surface area contributed by atoms with Gasteiger partial charge in [-0.2, -0.15) is 11.3 Å². The molecular weight excluding hydrogens is 276 g/mol. The summed E-state index contributed by atoms with van der Waals surface area (Å²) in [6.07, 6.45) is 0.554. The fourth-order valence-corrected chi connectivity index (χ4v) is 2.69. The molecule has 0 aliphatic carbocycles. The molecule has 1 aromatic rings. The Morgan fingerprint density at radius 3 is 2.60 bits per heavy atom. The largest absolute Gasteiger partial charge is 0.481 e. The number of carbonyl (C=O) groups is 2. The van der Waals surface area contributed by atoms with Crippen LogP contribution in [0.5, 0.6) is 0 Å². The van der Waals surface area contributed by atoms with Crippen LogP contribution in [0, 0.1) is 6.92 Å². The standard InChI is InChI=1S/C14H22N2O3S/c1-10(2)16(6-4-5-13(17)18)14(19)15-7-12-9-20-8-11(12)3/h8-10H,4-7H2,1-3H3,(H,15,19)(H,17,18). The Hall–Kier alpha value is -1.56. The molecule has 0 fully saturated rings. The average molecular weight is 298 g/mol. The van der Waals surface area contributed by atoms with Crippen LogP contribution in [0.25, 0.3) is 0 Å². The van der Waals surface area contributed by atoms with Crippen molar-refractivity contribution in [3.63, 3.8) is 0 Å². The number of carboxylic acids is 1. The van der Waals surface area contributed by atoms with E-state index in [0.717, 1.165) is 5.56 Å². The van der Waals surface area contributed by atoms with E-state index >= 15 is 0 Å². The fourth-order valence-electron chi connectivity index (χ4n) is 1.84. The highest BCUT2D eigenvalue weighted by Crippen LogP contribution is 2.13. The molecule has 0 atom stereocenters. The summed E-state index contributed by atoms with van der Waals surface area (Å²) in [4.78, 5) is 24.3. The van der Waals surface area contributed by atoms with Crippen LogP contribution in [0.3, 0.4) is 0 Å². The summed E-state index contributed by atoms with van der Waals surface area (Å²) in [5, 5.41) is 15.6. The lowest BCUT2D eigenvalue weighted by molar-refractivity contribution is -0.137. The first-order valence-electron chi connectivity index (χ1n) is 6.69. The van der Waals surface area contributed by atoms with Gasteiger partial charge in [0.2, 0.25) is 0 Å². The van der Waals surface area contributed by atoms with Crippen LogP contribution < -0.4 is 5.32 Å². The number of thiophene rings is 1. The van der Waals surface area contributed by atoms with Crippen LogP contribution in [-0.4, -0.2) is 34.6 Å². The van der Waals surface area contributed by atoms with Crippen molar-refractivity contribution in [2.24, 2.45) is 0 Å². The Morgan fingerprint density at radius 1 is 1.40 bits per heavy atom. The summed E-state index contributed by atoms with van der Waals surface area (Å²) in [7, 11) is 0. The minimum absolute atomic E-state index is 0.0485. The summed E-state index contributed by atoms with van der Waals surface area (Å²) in [6.45, 7) is 6.84. The maximum Gasteiger partial charge on any atom is 0.317 e. The maximum absolute atomic E-state index is 12.1. The molecule has 0 aromatic carbocycles. The van der Waals surface area contributed by atoms with E-state index in [4.69, 9.17) is 5.11 Å². The van der Waals surface area contributed by atoms with Gasteiger partial charge in [0.1, 0.15) is 0 Å². The summed E-state index contributed by atoms with van der Waals surface area (Å²) >= 11 is 1.62. The maximum atomic E-state index is 12.1. The zero-order valence-corrected chi connectivity index (χ0v) is 13.0. The first-order chi connectivity index (χ1) is 9.41. The SMILES string of the molecule is Cc1cscc1CNC(=O)N(CCCC(=O)O)C(C)C. The van der Waals surface area contributed by atoms with E-state index in [0.29, 0.717) is 19.5 Å². The van der Waals surface area contributed by atoms with Crippen LogP contribution >= 0.6 is 11.3 Å². The lowest BCUT2D eigenvalue weighted by atomic mass is 10.2. The second-order valence-electron chi connectivity index (χ2n) is 5.02.